The van der Waals surface area contributed by atoms with E-state index in [2.05, 4.69) is 22.3 Å². The molecule has 2 fully saturated rings. The summed E-state index contributed by atoms with van der Waals surface area (Å²) in [5, 5.41) is 9.66. The maximum atomic E-state index is 12.4. The molecule has 2 amide bonds. The quantitative estimate of drug-likeness (QED) is 0.754. The number of rotatable bonds is 6. The van der Waals surface area contributed by atoms with Gasteiger partial charge in [0.1, 0.15) is 0 Å². The van der Waals surface area contributed by atoms with Gasteiger partial charge in [0, 0.05) is 30.2 Å². The SMILES string of the molecule is C=CC(=O)NC1CC(NC(=O)c2cnn(CCC(F)(F)F)c2)C12CCC2. The molecule has 142 valence electrons. The molecular weight excluding hydrogens is 349 g/mol. The third-order valence-corrected chi connectivity index (χ3v) is 5.47. The lowest BCUT2D eigenvalue weighted by atomic mass is 9.49. The van der Waals surface area contributed by atoms with E-state index in [1.54, 1.807) is 0 Å². The molecule has 0 saturated heterocycles. The Bertz CT molecular complexity index is 709. The van der Waals surface area contributed by atoms with Crippen LogP contribution in [0.25, 0.3) is 0 Å². The van der Waals surface area contributed by atoms with Gasteiger partial charge in [-0.25, -0.2) is 0 Å². The minimum Gasteiger partial charge on any atom is -0.349 e. The molecule has 2 aliphatic carbocycles. The number of alkyl halides is 3. The normalized spacial score (nSPS) is 23.7. The molecule has 1 heterocycles. The van der Waals surface area contributed by atoms with Gasteiger partial charge >= 0.3 is 6.18 Å². The third kappa shape index (κ3) is 3.61. The molecule has 2 N–H and O–H groups in total. The summed E-state index contributed by atoms with van der Waals surface area (Å²) < 4.78 is 37.9. The number of hydrogen-bond acceptors (Lipinski definition) is 3. The Balaban J connectivity index is 1.56. The van der Waals surface area contributed by atoms with Crippen LogP contribution in [0, 0.1) is 5.41 Å². The number of aromatic nitrogens is 2. The summed E-state index contributed by atoms with van der Waals surface area (Å²) in [4.78, 5) is 23.9. The van der Waals surface area contributed by atoms with Gasteiger partial charge in [0.2, 0.25) is 5.91 Å². The Morgan fingerprint density at radius 1 is 1.35 bits per heavy atom. The molecule has 1 aromatic rings. The number of nitrogens with one attached hydrogen (secondary N) is 2. The molecule has 0 aliphatic heterocycles. The minimum atomic E-state index is -4.26. The second-order valence-corrected chi connectivity index (χ2v) is 6.97. The number of carbonyl (C=O) groups excluding carboxylic acids is 2. The zero-order valence-corrected chi connectivity index (χ0v) is 14.2. The molecule has 26 heavy (non-hydrogen) atoms. The number of amides is 2. The number of nitrogens with zero attached hydrogens (tertiary/aromatic N) is 2. The van der Waals surface area contributed by atoms with E-state index in [1.165, 1.54) is 18.5 Å². The van der Waals surface area contributed by atoms with Crippen molar-refractivity contribution in [2.75, 3.05) is 0 Å². The van der Waals surface area contributed by atoms with Crippen molar-refractivity contribution in [3.8, 4) is 0 Å². The first-order valence-corrected chi connectivity index (χ1v) is 8.56. The molecule has 2 unspecified atom stereocenters. The zero-order valence-electron chi connectivity index (χ0n) is 14.2. The van der Waals surface area contributed by atoms with Crippen molar-refractivity contribution >= 4 is 11.8 Å². The van der Waals surface area contributed by atoms with Crippen LogP contribution in [0.2, 0.25) is 0 Å². The van der Waals surface area contributed by atoms with Gasteiger partial charge in [0.05, 0.1) is 18.2 Å². The predicted molar refractivity (Wildman–Crippen MR) is 87.2 cm³/mol. The first-order chi connectivity index (χ1) is 12.2. The average molecular weight is 370 g/mol. The zero-order chi connectivity index (χ0) is 18.9. The molecule has 9 heteroatoms. The Hall–Kier alpha value is -2.32. The van der Waals surface area contributed by atoms with Gasteiger partial charge < -0.3 is 10.6 Å². The summed E-state index contributed by atoms with van der Waals surface area (Å²) >= 11 is 0. The second-order valence-electron chi connectivity index (χ2n) is 6.97. The van der Waals surface area contributed by atoms with Gasteiger partial charge in [0.25, 0.3) is 5.91 Å². The lowest BCUT2D eigenvalue weighted by Crippen LogP contribution is -2.71. The van der Waals surface area contributed by atoms with E-state index < -0.39 is 12.6 Å². The Morgan fingerprint density at radius 2 is 2.04 bits per heavy atom. The van der Waals surface area contributed by atoms with Crippen LogP contribution in [0.1, 0.15) is 42.5 Å². The lowest BCUT2D eigenvalue weighted by molar-refractivity contribution is -0.137. The second kappa shape index (κ2) is 6.77. The lowest BCUT2D eigenvalue weighted by Gasteiger charge is -2.61. The van der Waals surface area contributed by atoms with Crippen molar-refractivity contribution in [3.05, 3.63) is 30.6 Å². The summed E-state index contributed by atoms with van der Waals surface area (Å²) in [6, 6.07) is -0.0426. The maximum Gasteiger partial charge on any atom is 0.390 e. The summed E-state index contributed by atoms with van der Waals surface area (Å²) in [5.74, 6) is -0.579. The highest BCUT2D eigenvalue weighted by molar-refractivity contribution is 5.94. The van der Waals surface area contributed by atoms with Crippen LogP contribution in [0.4, 0.5) is 13.2 Å². The molecule has 2 aliphatic rings. The van der Waals surface area contributed by atoms with Crippen LogP contribution < -0.4 is 10.6 Å². The molecule has 0 bridgehead atoms. The largest absolute Gasteiger partial charge is 0.390 e. The van der Waals surface area contributed by atoms with Gasteiger partial charge in [0.15, 0.2) is 0 Å². The molecule has 1 spiro atoms. The van der Waals surface area contributed by atoms with Crippen molar-refractivity contribution in [2.24, 2.45) is 5.41 Å². The van der Waals surface area contributed by atoms with Crippen LogP contribution in [0.15, 0.2) is 25.0 Å². The topological polar surface area (TPSA) is 76.0 Å². The number of aryl methyl sites for hydroxylation is 1. The fourth-order valence-corrected chi connectivity index (χ4v) is 3.79. The van der Waals surface area contributed by atoms with E-state index >= 15 is 0 Å². The highest BCUT2D eigenvalue weighted by Gasteiger charge is 2.59. The van der Waals surface area contributed by atoms with Crippen LogP contribution >= 0.6 is 0 Å². The van der Waals surface area contributed by atoms with Gasteiger partial charge in [-0.2, -0.15) is 18.3 Å². The maximum absolute atomic E-state index is 12.4. The van der Waals surface area contributed by atoms with Crippen LogP contribution in [0.5, 0.6) is 0 Å². The smallest absolute Gasteiger partial charge is 0.349 e. The Morgan fingerprint density at radius 3 is 2.62 bits per heavy atom. The molecule has 6 nitrogen and oxygen atoms in total. The molecule has 1 aromatic heterocycles. The summed E-state index contributed by atoms with van der Waals surface area (Å²) in [5.41, 5.74) is 0.112. The minimum absolute atomic E-state index is 0.0153. The Labute approximate surface area is 148 Å². The predicted octanol–water partition coefficient (Wildman–Crippen LogP) is 2.18. The van der Waals surface area contributed by atoms with E-state index in [9.17, 15) is 22.8 Å². The van der Waals surface area contributed by atoms with Crippen LogP contribution in [-0.2, 0) is 11.3 Å². The first-order valence-electron chi connectivity index (χ1n) is 8.56. The summed E-state index contributed by atoms with van der Waals surface area (Å²) in [7, 11) is 0. The van der Waals surface area contributed by atoms with Crippen LogP contribution in [0.3, 0.4) is 0 Å². The highest BCUT2D eigenvalue weighted by atomic mass is 19.4. The van der Waals surface area contributed by atoms with Gasteiger partial charge in [-0.05, 0) is 25.3 Å². The van der Waals surface area contributed by atoms with Crippen molar-refractivity contribution in [1.82, 2.24) is 20.4 Å². The van der Waals surface area contributed by atoms with E-state index in [1.807, 2.05) is 0 Å². The summed E-state index contributed by atoms with van der Waals surface area (Å²) in [6.07, 6.45) is 2.09. The van der Waals surface area contributed by atoms with Gasteiger partial charge in [-0.15, -0.1) is 0 Å². The van der Waals surface area contributed by atoms with Gasteiger partial charge in [-0.3, -0.25) is 14.3 Å². The number of halogens is 3. The van der Waals surface area contributed by atoms with Crippen molar-refractivity contribution < 1.29 is 22.8 Å². The highest BCUT2D eigenvalue weighted by Crippen LogP contribution is 2.56. The molecule has 0 aromatic carbocycles. The van der Waals surface area contributed by atoms with E-state index in [-0.39, 0.29) is 41.4 Å². The van der Waals surface area contributed by atoms with E-state index in [0.717, 1.165) is 23.9 Å². The molecule has 3 rings (SSSR count). The number of hydrogen-bond donors (Lipinski definition) is 2. The monoisotopic (exact) mass is 370 g/mol. The first kappa shape index (κ1) is 18.5. The third-order valence-electron chi connectivity index (χ3n) is 5.47. The fourth-order valence-electron chi connectivity index (χ4n) is 3.79. The van der Waals surface area contributed by atoms with E-state index in [4.69, 9.17) is 0 Å². The van der Waals surface area contributed by atoms with Crippen LogP contribution in [-0.4, -0.2) is 39.9 Å². The standard InChI is InChI=1S/C17H21F3N4O2/c1-2-14(25)22-12-8-13(16(12)4-3-5-16)23-15(26)11-9-21-24(10-11)7-6-17(18,19)20/h2,9-10,12-13H,1,3-8H2,(H,22,25)(H,23,26). The molecular formula is C17H21F3N4O2. The summed E-state index contributed by atoms with van der Waals surface area (Å²) in [6.45, 7) is 3.12. The van der Waals surface area contributed by atoms with Crippen molar-refractivity contribution in [2.45, 2.75) is 56.9 Å². The molecule has 2 saturated carbocycles. The van der Waals surface area contributed by atoms with E-state index in [0.29, 0.717) is 6.42 Å². The molecule has 2 atom stereocenters. The van der Waals surface area contributed by atoms with Crippen molar-refractivity contribution in [3.63, 3.8) is 0 Å². The Kier molecular flexibility index (Phi) is 4.81. The number of carbonyl (C=O) groups is 2. The van der Waals surface area contributed by atoms with Crippen molar-refractivity contribution in [1.29, 1.82) is 0 Å². The fraction of sp³-hybridized carbons (Fsp3) is 0.588. The van der Waals surface area contributed by atoms with Gasteiger partial charge in [-0.1, -0.05) is 13.0 Å². The molecule has 0 radical (unpaired) electrons. The average Bonchev–Trinajstić information content (AvgIpc) is 2.98.